The van der Waals surface area contributed by atoms with E-state index in [0.29, 0.717) is 19.6 Å². The minimum absolute atomic E-state index is 0.198. The van der Waals surface area contributed by atoms with Crippen LogP contribution < -0.4 is 0 Å². The Balaban J connectivity index is 1.90. The summed E-state index contributed by atoms with van der Waals surface area (Å²) >= 11 is 0. The quantitative estimate of drug-likeness (QED) is 0.591. The summed E-state index contributed by atoms with van der Waals surface area (Å²) < 4.78 is 11.5. The summed E-state index contributed by atoms with van der Waals surface area (Å²) in [6.45, 7) is 1.32. The molecular weight excluding hydrogens is 252 g/mol. The lowest BCUT2D eigenvalue weighted by Gasteiger charge is -2.48. The maximum absolute atomic E-state index is 11.2. The van der Waals surface area contributed by atoms with Crippen molar-refractivity contribution in [1.29, 1.82) is 0 Å². The second-order valence-corrected chi connectivity index (χ2v) is 6.47. The largest absolute Gasteiger partial charge is 0.388 e. The molecule has 1 aliphatic heterocycles. The molecule has 1 N–H and O–H groups in total. The van der Waals surface area contributed by atoms with Crippen LogP contribution in [0.25, 0.3) is 0 Å². The van der Waals surface area contributed by atoms with Crippen molar-refractivity contribution in [2.24, 2.45) is 5.41 Å². The summed E-state index contributed by atoms with van der Waals surface area (Å²) in [7, 11) is 0. The van der Waals surface area contributed by atoms with Crippen molar-refractivity contribution in [3.05, 3.63) is 12.2 Å². The standard InChI is InChI=1S/C17H24O3/c1-2-6-16(18)8-5-3-4-7-15(16)9-11-17(12-10-15)19-13-14-20-17/h1,9,11,18H,3-8,10,12-14H2/t15-,16+/m1/s1. The van der Waals surface area contributed by atoms with Gasteiger partial charge in [0.1, 0.15) is 0 Å². The van der Waals surface area contributed by atoms with Crippen LogP contribution in [0, 0.1) is 17.8 Å². The molecule has 110 valence electrons. The first-order valence-corrected chi connectivity index (χ1v) is 7.78. The molecule has 3 rings (SSSR count). The lowest BCUT2D eigenvalue weighted by molar-refractivity contribution is -0.149. The van der Waals surface area contributed by atoms with Gasteiger partial charge < -0.3 is 14.6 Å². The molecular formula is C17H24O3. The first-order valence-electron chi connectivity index (χ1n) is 7.78. The Labute approximate surface area is 121 Å². The maximum atomic E-state index is 11.2. The van der Waals surface area contributed by atoms with Crippen LogP contribution in [0.15, 0.2) is 12.2 Å². The summed E-state index contributed by atoms with van der Waals surface area (Å²) in [5, 5.41) is 11.2. The van der Waals surface area contributed by atoms with E-state index in [1.165, 1.54) is 6.42 Å². The van der Waals surface area contributed by atoms with Crippen LogP contribution >= 0.6 is 0 Å². The monoisotopic (exact) mass is 276 g/mol. The van der Waals surface area contributed by atoms with Crippen molar-refractivity contribution in [2.75, 3.05) is 13.2 Å². The summed E-state index contributed by atoms with van der Waals surface area (Å²) in [5.41, 5.74) is -0.967. The summed E-state index contributed by atoms with van der Waals surface area (Å²) in [6.07, 6.45) is 17.1. The van der Waals surface area contributed by atoms with Gasteiger partial charge in [-0.25, -0.2) is 0 Å². The van der Waals surface area contributed by atoms with Gasteiger partial charge in [-0.15, -0.1) is 12.3 Å². The Morgan fingerprint density at radius 3 is 2.40 bits per heavy atom. The highest BCUT2D eigenvalue weighted by Gasteiger charge is 2.52. The minimum atomic E-state index is -0.769. The van der Waals surface area contributed by atoms with E-state index in [0.717, 1.165) is 38.5 Å². The fraction of sp³-hybridized carbons (Fsp3) is 0.765. The molecule has 2 fully saturated rings. The van der Waals surface area contributed by atoms with E-state index < -0.39 is 11.4 Å². The minimum Gasteiger partial charge on any atom is -0.388 e. The van der Waals surface area contributed by atoms with Gasteiger partial charge in [-0.3, -0.25) is 0 Å². The zero-order valence-corrected chi connectivity index (χ0v) is 12.1. The first kappa shape index (κ1) is 14.1. The highest BCUT2D eigenvalue weighted by Crippen LogP contribution is 2.53. The molecule has 3 heteroatoms. The SMILES string of the molecule is C#CC[C@]1(O)CCCCC[C@]12C=CC1(CC2)OCCO1. The molecule has 0 amide bonds. The van der Waals surface area contributed by atoms with Crippen LogP contribution in [-0.4, -0.2) is 29.7 Å². The van der Waals surface area contributed by atoms with E-state index in [4.69, 9.17) is 15.9 Å². The van der Waals surface area contributed by atoms with E-state index in [9.17, 15) is 5.11 Å². The van der Waals surface area contributed by atoms with Crippen LogP contribution in [0.5, 0.6) is 0 Å². The topological polar surface area (TPSA) is 38.7 Å². The van der Waals surface area contributed by atoms with Gasteiger partial charge in [-0.1, -0.05) is 25.3 Å². The first-order chi connectivity index (χ1) is 9.64. The number of ether oxygens (including phenoxy) is 2. The second kappa shape index (κ2) is 5.18. The molecule has 1 saturated carbocycles. The predicted octanol–water partition coefficient (Wildman–Crippen LogP) is 2.78. The average Bonchev–Trinajstić information content (AvgIpc) is 2.83. The number of terminal acetylenes is 1. The lowest BCUT2D eigenvalue weighted by Crippen LogP contribution is -2.50. The molecule has 2 atom stereocenters. The van der Waals surface area contributed by atoms with Gasteiger partial charge >= 0.3 is 0 Å². The highest BCUT2D eigenvalue weighted by atomic mass is 16.7. The zero-order valence-electron chi connectivity index (χ0n) is 12.1. The molecule has 3 nitrogen and oxygen atoms in total. The van der Waals surface area contributed by atoms with Gasteiger partial charge in [-0.2, -0.15) is 0 Å². The second-order valence-electron chi connectivity index (χ2n) is 6.47. The van der Waals surface area contributed by atoms with Crippen LogP contribution in [0.3, 0.4) is 0 Å². The Bertz CT molecular complexity index is 430. The highest BCUT2D eigenvalue weighted by molar-refractivity contribution is 5.20. The third-order valence-electron chi connectivity index (χ3n) is 5.39. The number of hydrogen-bond acceptors (Lipinski definition) is 3. The summed E-state index contributed by atoms with van der Waals surface area (Å²) in [5.74, 6) is 2.16. The molecule has 0 bridgehead atoms. The van der Waals surface area contributed by atoms with E-state index in [-0.39, 0.29) is 5.41 Å². The van der Waals surface area contributed by atoms with E-state index in [2.05, 4.69) is 12.0 Å². The molecule has 2 aliphatic carbocycles. The Morgan fingerprint density at radius 1 is 1.00 bits per heavy atom. The van der Waals surface area contributed by atoms with Crippen molar-refractivity contribution >= 4 is 0 Å². The van der Waals surface area contributed by atoms with Crippen LogP contribution in [0.2, 0.25) is 0 Å². The molecule has 1 saturated heterocycles. The number of aliphatic hydroxyl groups is 1. The van der Waals surface area contributed by atoms with Gasteiger partial charge in [0.15, 0.2) is 5.79 Å². The van der Waals surface area contributed by atoms with Gasteiger partial charge in [0.2, 0.25) is 0 Å². The molecule has 0 radical (unpaired) electrons. The maximum Gasteiger partial charge on any atom is 0.188 e. The van der Waals surface area contributed by atoms with Crippen LogP contribution in [0.4, 0.5) is 0 Å². The summed E-state index contributed by atoms with van der Waals surface area (Å²) in [6, 6.07) is 0. The molecule has 0 aromatic carbocycles. The zero-order chi connectivity index (χ0) is 14.1. The van der Waals surface area contributed by atoms with Crippen molar-refractivity contribution in [1.82, 2.24) is 0 Å². The molecule has 3 aliphatic rings. The molecule has 0 aromatic heterocycles. The summed E-state index contributed by atoms with van der Waals surface area (Å²) in [4.78, 5) is 0. The van der Waals surface area contributed by atoms with Gasteiger partial charge in [-0.05, 0) is 25.3 Å². The van der Waals surface area contributed by atoms with Crippen molar-refractivity contribution in [3.8, 4) is 12.3 Å². The molecule has 2 spiro atoms. The Hall–Kier alpha value is -0.820. The van der Waals surface area contributed by atoms with Crippen LogP contribution in [-0.2, 0) is 9.47 Å². The normalized spacial score (nSPS) is 39.8. The molecule has 1 heterocycles. The molecule has 0 aromatic rings. The fourth-order valence-corrected chi connectivity index (χ4v) is 4.11. The van der Waals surface area contributed by atoms with Gasteiger partial charge in [0.05, 0.1) is 18.8 Å². The predicted molar refractivity (Wildman–Crippen MR) is 76.9 cm³/mol. The van der Waals surface area contributed by atoms with Crippen molar-refractivity contribution < 1.29 is 14.6 Å². The Kier molecular flexibility index (Phi) is 3.66. The lowest BCUT2D eigenvalue weighted by atomic mass is 9.62. The third-order valence-corrected chi connectivity index (χ3v) is 5.39. The van der Waals surface area contributed by atoms with E-state index >= 15 is 0 Å². The fourth-order valence-electron chi connectivity index (χ4n) is 4.11. The van der Waals surface area contributed by atoms with Crippen LogP contribution in [0.1, 0.15) is 51.4 Å². The third kappa shape index (κ3) is 2.20. The molecule has 0 unspecified atom stereocenters. The van der Waals surface area contributed by atoms with Gasteiger partial charge in [0, 0.05) is 18.3 Å². The Morgan fingerprint density at radius 2 is 1.75 bits per heavy atom. The average molecular weight is 276 g/mol. The van der Waals surface area contributed by atoms with Gasteiger partial charge in [0.25, 0.3) is 0 Å². The van der Waals surface area contributed by atoms with Crippen molar-refractivity contribution in [2.45, 2.75) is 62.8 Å². The smallest absolute Gasteiger partial charge is 0.188 e. The molecule has 20 heavy (non-hydrogen) atoms. The number of hydrogen-bond donors (Lipinski definition) is 1. The van der Waals surface area contributed by atoms with E-state index in [1.807, 2.05) is 6.08 Å². The number of rotatable bonds is 1. The van der Waals surface area contributed by atoms with Crippen molar-refractivity contribution in [3.63, 3.8) is 0 Å². The van der Waals surface area contributed by atoms with E-state index in [1.54, 1.807) is 0 Å².